The molecule has 1 saturated carbocycles. The van der Waals surface area contributed by atoms with E-state index in [4.69, 9.17) is 0 Å². The molecule has 1 nitrogen and oxygen atoms in total. The number of hydrogen-bond acceptors (Lipinski definition) is 2. The van der Waals surface area contributed by atoms with E-state index in [2.05, 4.69) is 65.4 Å². The van der Waals surface area contributed by atoms with Crippen LogP contribution in [0.5, 0.6) is 0 Å². The van der Waals surface area contributed by atoms with Crippen molar-refractivity contribution in [1.82, 2.24) is 5.32 Å². The van der Waals surface area contributed by atoms with Gasteiger partial charge in [0, 0.05) is 25.8 Å². The summed E-state index contributed by atoms with van der Waals surface area (Å²) in [6.07, 6.45) is 2.75. The molecule has 1 heterocycles. The number of rotatable bonds is 5. The van der Waals surface area contributed by atoms with Crippen LogP contribution in [0.1, 0.15) is 36.2 Å². The zero-order chi connectivity index (χ0) is 14.1. The summed E-state index contributed by atoms with van der Waals surface area (Å²) < 4.78 is 1.18. The van der Waals surface area contributed by atoms with Crippen LogP contribution in [0, 0.1) is 12.8 Å². The summed E-state index contributed by atoms with van der Waals surface area (Å²) in [6.45, 7) is 5.39. The van der Waals surface area contributed by atoms with Crippen molar-refractivity contribution in [2.45, 2.75) is 32.7 Å². The maximum atomic E-state index is 3.68. The third-order valence-corrected chi connectivity index (χ3v) is 5.73. The highest BCUT2D eigenvalue weighted by atomic mass is 79.9. The molecule has 20 heavy (non-hydrogen) atoms. The maximum Gasteiger partial charge on any atom is 0.0443 e. The summed E-state index contributed by atoms with van der Waals surface area (Å²) in [5.74, 6) is 0.849. The summed E-state index contributed by atoms with van der Waals surface area (Å²) in [5.41, 5.74) is 2.62. The van der Waals surface area contributed by atoms with Gasteiger partial charge in [-0.05, 0) is 56.5 Å². The van der Waals surface area contributed by atoms with Crippen LogP contribution in [0.2, 0.25) is 0 Å². The Hall–Kier alpha value is -0.640. The van der Waals surface area contributed by atoms with Crippen molar-refractivity contribution in [1.29, 1.82) is 0 Å². The Bertz CT molecular complexity index is 601. The molecule has 1 aromatic heterocycles. The number of aryl methyl sites for hydroxylation is 1. The monoisotopic (exact) mass is 349 g/mol. The zero-order valence-corrected chi connectivity index (χ0v) is 14.4. The molecule has 0 bridgehead atoms. The van der Waals surface area contributed by atoms with Crippen molar-refractivity contribution in [2.75, 3.05) is 6.54 Å². The first-order valence-electron chi connectivity index (χ1n) is 7.28. The lowest BCUT2D eigenvalue weighted by Crippen LogP contribution is -2.21. The van der Waals surface area contributed by atoms with Crippen LogP contribution in [0.4, 0.5) is 0 Å². The van der Waals surface area contributed by atoms with Crippen molar-refractivity contribution in [3.05, 3.63) is 45.2 Å². The van der Waals surface area contributed by atoms with E-state index in [9.17, 15) is 0 Å². The molecule has 0 amide bonds. The molecular formula is C17H20BrNS. The van der Waals surface area contributed by atoms with E-state index in [0.717, 1.165) is 12.5 Å². The normalized spacial score (nSPS) is 16.4. The van der Waals surface area contributed by atoms with E-state index in [1.54, 1.807) is 0 Å². The van der Waals surface area contributed by atoms with Crippen molar-refractivity contribution < 1.29 is 0 Å². The number of benzene rings is 1. The highest BCUT2D eigenvalue weighted by Crippen LogP contribution is 2.44. The molecule has 0 radical (unpaired) electrons. The van der Waals surface area contributed by atoms with E-state index in [-0.39, 0.29) is 0 Å². The maximum absolute atomic E-state index is 3.68. The van der Waals surface area contributed by atoms with Crippen molar-refractivity contribution in [3.63, 3.8) is 0 Å². The number of hydrogen-bond donors (Lipinski definition) is 1. The quantitative estimate of drug-likeness (QED) is 0.746. The van der Waals surface area contributed by atoms with Gasteiger partial charge in [0.05, 0.1) is 0 Å². The van der Waals surface area contributed by atoms with Gasteiger partial charge < -0.3 is 5.32 Å². The van der Waals surface area contributed by atoms with Crippen LogP contribution in [0.3, 0.4) is 0 Å². The minimum Gasteiger partial charge on any atom is -0.309 e. The molecule has 1 unspecified atom stereocenters. The molecule has 3 heteroatoms. The van der Waals surface area contributed by atoms with Crippen LogP contribution in [-0.2, 0) is 0 Å². The molecule has 1 aliphatic carbocycles. The van der Waals surface area contributed by atoms with Gasteiger partial charge in [-0.25, -0.2) is 0 Å². The molecule has 0 saturated heterocycles. The highest BCUT2D eigenvalue weighted by Gasteiger charge is 2.32. The standard InChI is InChI=1S/C17H20BrNS/c1-3-19-17(12-5-6-12)16-9-8-15(20-16)13-10-11(2)4-7-14(13)18/h4,7-10,12,17,19H,3,5-6H2,1-2H3. The number of halogens is 1. The fourth-order valence-corrected chi connectivity index (χ4v) is 4.44. The molecule has 1 aromatic carbocycles. The predicted octanol–water partition coefficient (Wildman–Crippen LogP) is 5.55. The Morgan fingerprint density at radius 3 is 2.80 bits per heavy atom. The summed E-state index contributed by atoms with van der Waals surface area (Å²) in [6, 6.07) is 11.7. The first-order chi connectivity index (χ1) is 9.69. The molecular weight excluding hydrogens is 330 g/mol. The second-order valence-corrected chi connectivity index (χ2v) is 7.53. The van der Waals surface area contributed by atoms with Gasteiger partial charge in [-0.15, -0.1) is 11.3 Å². The van der Waals surface area contributed by atoms with Crippen LogP contribution in [-0.4, -0.2) is 6.54 Å². The van der Waals surface area contributed by atoms with E-state index in [1.807, 2.05) is 11.3 Å². The molecule has 1 atom stereocenters. The predicted molar refractivity (Wildman–Crippen MR) is 91.3 cm³/mol. The second kappa shape index (κ2) is 6.00. The summed E-state index contributed by atoms with van der Waals surface area (Å²) in [4.78, 5) is 2.84. The molecule has 1 fully saturated rings. The fraction of sp³-hybridized carbons (Fsp3) is 0.412. The molecule has 3 rings (SSSR count). The van der Waals surface area contributed by atoms with Gasteiger partial charge in [0.15, 0.2) is 0 Å². The van der Waals surface area contributed by atoms with Gasteiger partial charge in [-0.2, -0.15) is 0 Å². The lowest BCUT2D eigenvalue weighted by Gasteiger charge is -2.15. The van der Waals surface area contributed by atoms with Crippen molar-refractivity contribution in [2.24, 2.45) is 5.92 Å². The number of thiophene rings is 1. The molecule has 1 N–H and O–H groups in total. The highest BCUT2D eigenvalue weighted by molar-refractivity contribution is 9.10. The van der Waals surface area contributed by atoms with Gasteiger partial charge in [0.2, 0.25) is 0 Å². The Labute approximate surface area is 133 Å². The summed E-state index contributed by atoms with van der Waals surface area (Å²) >= 11 is 5.61. The van der Waals surface area contributed by atoms with Crippen LogP contribution < -0.4 is 5.32 Å². The van der Waals surface area contributed by atoms with Gasteiger partial charge in [-0.1, -0.05) is 34.5 Å². The molecule has 106 valence electrons. The summed E-state index contributed by atoms with van der Waals surface area (Å²) in [5, 5.41) is 3.65. The largest absolute Gasteiger partial charge is 0.309 e. The van der Waals surface area contributed by atoms with Gasteiger partial charge in [0.1, 0.15) is 0 Å². The Kier molecular flexibility index (Phi) is 4.29. The Morgan fingerprint density at radius 1 is 1.30 bits per heavy atom. The third-order valence-electron chi connectivity index (χ3n) is 3.84. The SMILES string of the molecule is CCNC(c1ccc(-c2cc(C)ccc2Br)s1)C1CC1. The molecule has 0 spiro atoms. The average molecular weight is 350 g/mol. The Morgan fingerprint density at radius 2 is 2.10 bits per heavy atom. The minimum atomic E-state index is 0.558. The van der Waals surface area contributed by atoms with Crippen LogP contribution >= 0.6 is 27.3 Å². The van der Waals surface area contributed by atoms with Crippen molar-refractivity contribution in [3.8, 4) is 10.4 Å². The van der Waals surface area contributed by atoms with Gasteiger partial charge >= 0.3 is 0 Å². The lowest BCUT2D eigenvalue weighted by molar-refractivity contribution is 0.504. The van der Waals surface area contributed by atoms with E-state index >= 15 is 0 Å². The summed E-state index contributed by atoms with van der Waals surface area (Å²) in [7, 11) is 0. The van der Waals surface area contributed by atoms with Crippen LogP contribution in [0.15, 0.2) is 34.8 Å². The first-order valence-corrected chi connectivity index (χ1v) is 8.89. The smallest absolute Gasteiger partial charge is 0.0443 e. The van der Waals surface area contributed by atoms with E-state index in [1.165, 1.54) is 38.2 Å². The average Bonchev–Trinajstić information content (AvgIpc) is 3.16. The van der Waals surface area contributed by atoms with Gasteiger partial charge in [0.25, 0.3) is 0 Å². The van der Waals surface area contributed by atoms with Gasteiger partial charge in [-0.3, -0.25) is 0 Å². The topological polar surface area (TPSA) is 12.0 Å². The Balaban J connectivity index is 1.90. The third kappa shape index (κ3) is 3.00. The second-order valence-electron chi connectivity index (χ2n) is 5.56. The van der Waals surface area contributed by atoms with E-state index < -0.39 is 0 Å². The lowest BCUT2D eigenvalue weighted by atomic mass is 10.1. The number of nitrogens with one attached hydrogen (secondary N) is 1. The minimum absolute atomic E-state index is 0.558. The molecule has 2 aromatic rings. The zero-order valence-electron chi connectivity index (χ0n) is 11.9. The van der Waals surface area contributed by atoms with Crippen molar-refractivity contribution >= 4 is 27.3 Å². The van der Waals surface area contributed by atoms with Crippen LogP contribution in [0.25, 0.3) is 10.4 Å². The fourth-order valence-electron chi connectivity index (χ4n) is 2.64. The molecule has 1 aliphatic rings. The first kappa shape index (κ1) is 14.3. The van der Waals surface area contributed by atoms with E-state index in [0.29, 0.717) is 6.04 Å². The molecule has 0 aliphatic heterocycles.